The fourth-order valence-electron chi connectivity index (χ4n) is 5.05. The van der Waals surface area contributed by atoms with Gasteiger partial charge in [0.1, 0.15) is 30.3 Å². The predicted molar refractivity (Wildman–Crippen MR) is 143 cm³/mol. The van der Waals surface area contributed by atoms with Gasteiger partial charge in [-0.1, -0.05) is 36.3 Å². The van der Waals surface area contributed by atoms with Crippen LogP contribution in [0.3, 0.4) is 0 Å². The molecule has 2 atom stereocenters. The van der Waals surface area contributed by atoms with E-state index in [1.807, 2.05) is 54.6 Å². The summed E-state index contributed by atoms with van der Waals surface area (Å²) in [5, 5.41) is 21.7. The van der Waals surface area contributed by atoms with Gasteiger partial charge in [-0.15, -0.1) is 5.92 Å². The lowest BCUT2D eigenvalue weighted by Crippen LogP contribution is -2.61. The van der Waals surface area contributed by atoms with Crippen LogP contribution < -0.4 is 19.1 Å². The number of hydrogen-bond acceptors (Lipinski definition) is 5. The molecule has 196 valence electrons. The number of quaternary nitrogens is 1. The maximum atomic E-state index is 12.6. The molecule has 38 heavy (non-hydrogen) atoms. The zero-order chi connectivity index (χ0) is 27.1. The molecule has 7 heteroatoms. The Morgan fingerprint density at radius 2 is 1.79 bits per heavy atom. The fourth-order valence-corrected chi connectivity index (χ4v) is 5.05. The molecule has 0 saturated carbocycles. The molecular formula is C31H31NO6. The lowest BCUT2D eigenvalue weighted by atomic mass is 9.96. The summed E-state index contributed by atoms with van der Waals surface area (Å²) in [6, 6.07) is 20.6. The topological polar surface area (TPSA) is 95.9 Å². The molecule has 3 aromatic carbocycles. The Balaban J connectivity index is 1.50. The van der Waals surface area contributed by atoms with Gasteiger partial charge in [0.15, 0.2) is 0 Å². The number of benzene rings is 3. The van der Waals surface area contributed by atoms with Gasteiger partial charge >= 0.3 is 5.97 Å². The van der Waals surface area contributed by atoms with Crippen LogP contribution in [-0.2, 0) is 24.4 Å². The van der Waals surface area contributed by atoms with Gasteiger partial charge in [-0.25, -0.2) is 4.48 Å². The summed E-state index contributed by atoms with van der Waals surface area (Å²) in [5.41, 5.74) is 4.32. The number of carbonyl (C=O) groups is 2. The molecule has 0 fully saturated rings. The Bertz CT molecular complexity index is 1370. The molecule has 1 unspecified atom stereocenters. The van der Waals surface area contributed by atoms with Crippen molar-refractivity contribution < 1.29 is 29.3 Å². The average molecular weight is 514 g/mol. The quantitative estimate of drug-likeness (QED) is 0.331. The number of ether oxygens (including phenoxy) is 2. The highest BCUT2D eigenvalue weighted by Crippen LogP contribution is 2.38. The number of nitrogens with zero attached hydrogens (tertiary/aromatic N) is 1. The van der Waals surface area contributed by atoms with Gasteiger partial charge in [0.2, 0.25) is 0 Å². The number of carboxylic acid groups (broad SMARTS) is 2. The Morgan fingerprint density at radius 3 is 2.47 bits per heavy atom. The Morgan fingerprint density at radius 1 is 1.05 bits per heavy atom. The maximum absolute atomic E-state index is 12.6. The van der Waals surface area contributed by atoms with Gasteiger partial charge in [-0.05, 0) is 54.8 Å². The summed E-state index contributed by atoms with van der Waals surface area (Å²) in [6.45, 7) is 2.70. The first-order valence-electron chi connectivity index (χ1n) is 12.6. The van der Waals surface area contributed by atoms with E-state index in [2.05, 4.69) is 11.8 Å². The van der Waals surface area contributed by atoms with Crippen molar-refractivity contribution >= 4 is 17.7 Å². The van der Waals surface area contributed by atoms with E-state index in [9.17, 15) is 14.7 Å². The van der Waals surface area contributed by atoms with E-state index in [1.165, 1.54) is 0 Å². The molecule has 1 aliphatic rings. The van der Waals surface area contributed by atoms with Crippen LogP contribution in [0, 0.1) is 11.8 Å². The minimum absolute atomic E-state index is 0.0586. The first kappa shape index (κ1) is 26.8. The second-order valence-corrected chi connectivity index (χ2v) is 9.44. The normalized spacial score (nSPS) is 16.9. The number of rotatable bonds is 9. The molecule has 0 saturated heterocycles. The third-order valence-corrected chi connectivity index (χ3v) is 6.92. The summed E-state index contributed by atoms with van der Waals surface area (Å²) in [6.07, 6.45) is 0.386. The molecular weight excluding hydrogens is 482 g/mol. The largest absolute Gasteiger partial charge is 0.498 e. The van der Waals surface area contributed by atoms with Crippen molar-refractivity contribution in [2.24, 2.45) is 0 Å². The van der Waals surface area contributed by atoms with Crippen LogP contribution in [0.2, 0.25) is 0 Å². The number of carboxylic acids is 1. The van der Waals surface area contributed by atoms with E-state index >= 15 is 0 Å². The maximum Gasteiger partial charge on any atom is 0.304 e. The van der Waals surface area contributed by atoms with E-state index in [0.717, 1.165) is 35.1 Å². The van der Waals surface area contributed by atoms with E-state index in [-0.39, 0.29) is 23.4 Å². The number of aliphatic carboxylic acids is 1. The van der Waals surface area contributed by atoms with Crippen LogP contribution in [0.15, 0.2) is 66.7 Å². The van der Waals surface area contributed by atoms with Crippen molar-refractivity contribution in [2.75, 3.05) is 13.7 Å². The van der Waals surface area contributed by atoms with Gasteiger partial charge in [-0.2, -0.15) is 0 Å². The third-order valence-electron chi connectivity index (χ3n) is 6.92. The summed E-state index contributed by atoms with van der Waals surface area (Å²) in [5.74, 6) is 5.74. The van der Waals surface area contributed by atoms with E-state index in [4.69, 9.17) is 14.6 Å². The molecule has 1 N–H and O–H groups in total. The van der Waals surface area contributed by atoms with Gasteiger partial charge < -0.3 is 24.5 Å². The van der Waals surface area contributed by atoms with Crippen molar-refractivity contribution in [3.63, 3.8) is 0 Å². The van der Waals surface area contributed by atoms with Gasteiger partial charge in [0.05, 0.1) is 26.0 Å². The molecule has 0 spiro atoms. The standard InChI is InChI=1S/C31H31NO6/c1-3-6-26(18-30(33)34)24-10-13-27(14-11-24)38-21-23-8-4-7-22(17-23)20-32(31(35)36)16-5-9-25-12-15-28(37-2)19-29(25)32/h4,7-8,10-15,17,19,26H,5,9,16,18,20-21H2,1-2H3,(H-,33,34,35,36)/t26-,32?/m0/s1. The summed E-state index contributed by atoms with van der Waals surface area (Å²) >= 11 is 0. The number of amides is 1. The van der Waals surface area contributed by atoms with E-state index < -0.39 is 12.1 Å². The minimum Gasteiger partial charge on any atom is -0.498 e. The molecule has 3 aromatic rings. The second kappa shape index (κ2) is 11.8. The number of hydrogen-bond donors (Lipinski definition) is 1. The highest BCUT2D eigenvalue weighted by molar-refractivity contribution is 5.81. The summed E-state index contributed by atoms with van der Waals surface area (Å²) in [7, 11) is 1.57. The van der Waals surface area contributed by atoms with E-state index in [1.54, 1.807) is 26.2 Å². The molecule has 0 aliphatic carbocycles. The molecule has 0 radical (unpaired) electrons. The highest BCUT2D eigenvalue weighted by Gasteiger charge is 2.39. The van der Waals surface area contributed by atoms with Gasteiger partial charge in [-0.3, -0.25) is 4.79 Å². The zero-order valence-corrected chi connectivity index (χ0v) is 21.6. The van der Waals surface area contributed by atoms with Crippen LogP contribution in [0.25, 0.3) is 0 Å². The predicted octanol–water partition coefficient (Wildman–Crippen LogP) is 4.65. The van der Waals surface area contributed by atoms with Crippen molar-refractivity contribution in [1.82, 2.24) is 4.48 Å². The van der Waals surface area contributed by atoms with Crippen molar-refractivity contribution in [1.29, 1.82) is 0 Å². The van der Waals surface area contributed by atoms with Crippen LogP contribution in [0.1, 0.15) is 47.9 Å². The minimum atomic E-state index is -1.13. The summed E-state index contributed by atoms with van der Waals surface area (Å²) in [4.78, 5) is 23.7. The number of carbonyl (C=O) groups excluding carboxylic acids is 1. The zero-order valence-electron chi connectivity index (χ0n) is 21.6. The van der Waals surface area contributed by atoms with Crippen molar-refractivity contribution in [3.05, 3.63) is 89.0 Å². The lowest BCUT2D eigenvalue weighted by Gasteiger charge is -2.41. The molecule has 1 amide bonds. The van der Waals surface area contributed by atoms with Crippen molar-refractivity contribution in [2.45, 2.75) is 45.3 Å². The fraction of sp³-hybridized carbons (Fsp3) is 0.290. The number of aryl methyl sites for hydroxylation is 1. The Hall–Kier alpha value is -4.28. The number of methoxy groups -OCH3 is 1. The van der Waals surface area contributed by atoms with Crippen molar-refractivity contribution in [3.8, 4) is 23.3 Å². The first-order chi connectivity index (χ1) is 18.3. The van der Waals surface area contributed by atoms with E-state index in [0.29, 0.717) is 30.3 Å². The molecule has 1 heterocycles. The SMILES string of the molecule is CC#C[C@@H](CC(=O)O)c1ccc(OCc2cccc(C[N+]3(C(=O)[O-])CCCc4ccc(OC)cc43)c2)cc1. The van der Waals surface area contributed by atoms with Crippen LogP contribution in [0.5, 0.6) is 11.5 Å². The molecule has 4 rings (SSSR count). The number of fused-ring (bicyclic) bond motifs is 1. The first-order valence-corrected chi connectivity index (χ1v) is 12.6. The Kier molecular flexibility index (Phi) is 8.35. The smallest absolute Gasteiger partial charge is 0.304 e. The van der Waals surface area contributed by atoms with Gasteiger partial charge in [0, 0.05) is 23.6 Å². The van der Waals surface area contributed by atoms with Crippen LogP contribution in [-0.4, -0.2) is 30.8 Å². The molecule has 7 nitrogen and oxygen atoms in total. The highest BCUT2D eigenvalue weighted by atomic mass is 16.5. The Labute approximate surface area is 222 Å². The third kappa shape index (κ3) is 5.99. The van der Waals surface area contributed by atoms with Crippen LogP contribution >= 0.6 is 0 Å². The van der Waals surface area contributed by atoms with Crippen LogP contribution in [0.4, 0.5) is 10.5 Å². The summed E-state index contributed by atoms with van der Waals surface area (Å²) < 4.78 is 11.1. The molecule has 1 aliphatic heterocycles. The monoisotopic (exact) mass is 513 g/mol. The van der Waals surface area contributed by atoms with Gasteiger partial charge in [0.25, 0.3) is 6.09 Å². The lowest BCUT2D eigenvalue weighted by molar-refractivity contribution is -0.265. The average Bonchev–Trinajstić information content (AvgIpc) is 2.92. The second-order valence-electron chi connectivity index (χ2n) is 9.44. The molecule has 0 bridgehead atoms. The molecule has 0 aromatic heterocycles.